The van der Waals surface area contributed by atoms with Crippen molar-refractivity contribution in [2.45, 2.75) is 40.0 Å². The molecule has 1 aromatic rings. The molecule has 0 aliphatic rings. The van der Waals surface area contributed by atoms with Crippen LogP contribution < -0.4 is 0 Å². The molecule has 0 unspecified atom stereocenters. The minimum Gasteiger partial charge on any atom is -0.339 e. The second kappa shape index (κ2) is 7.10. The molecular weight excluding hydrogens is 210 g/mol. The van der Waals surface area contributed by atoms with Gasteiger partial charge in [0, 0.05) is 18.7 Å². The molecule has 0 saturated carbocycles. The molecule has 1 aromatic carbocycles. The van der Waals surface area contributed by atoms with Gasteiger partial charge in [-0.25, -0.2) is 0 Å². The highest BCUT2D eigenvalue weighted by Crippen LogP contribution is 2.10. The van der Waals surface area contributed by atoms with Crippen LogP contribution in [-0.4, -0.2) is 23.9 Å². The molecule has 0 aliphatic carbocycles. The number of carbonyl (C=O) groups excluding carboxylic acids is 1. The third kappa shape index (κ3) is 3.88. The maximum atomic E-state index is 12.1. The van der Waals surface area contributed by atoms with Crippen LogP contribution in [0.3, 0.4) is 0 Å². The van der Waals surface area contributed by atoms with Gasteiger partial charge in [0.15, 0.2) is 0 Å². The van der Waals surface area contributed by atoms with E-state index in [2.05, 4.69) is 19.1 Å². The monoisotopic (exact) mass is 233 g/mol. The molecule has 1 rings (SSSR count). The summed E-state index contributed by atoms with van der Waals surface area (Å²) in [6, 6.07) is 8.05. The quantitative estimate of drug-likeness (QED) is 0.736. The molecule has 0 saturated heterocycles. The van der Waals surface area contributed by atoms with Crippen molar-refractivity contribution in [2.75, 3.05) is 13.1 Å². The number of hydrogen-bond acceptors (Lipinski definition) is 1. The van der Waals surface area contributed by atoms with E-state index < -0.39 is 0 Å². The van der Waals surface area contributed by atoms with Crippen LogP contribution in [0.15, 0.2) is 24.3 Å². The summed E-state index contributed by atoms with van der Waals surface area (Å²) in [5.74, 6) is 0.136. The van der Waals surface area contributed by atoms with Crippen molar-refractivity contribution < 1.29 is 4.79 Å². The van der Waals surface area contributed by atoms with E-state index in [1.807, 2.05) is 30.9 Å². The average Bonchev–Trinajstić information content (AvgIpc) is 2.38. The second-order valence-electron chi connectivity index (χ2n) is 4.28. The fourth-order valence-corrected chi connectivity index (χ4v) is 1.89. The van der Waals surface area contributed by atoms with Crippen molar-refractivity contribution in [1.29, 1.82) is 0 Å². The molecule has 0 heterocycles. The van der Waals surface area contributed by atoms with Crippen LogP contribution in [-0.2, 0) is 6.42 Å². The zero-order valence-corrected chi connectivity index (χ0v) is 11.2. The van der Waals surface area contributed by atoms with Crippen LogP contribution in [0.25, 0.3) is 0 Å². The van der Waals surface area contributed by atoms with Crippen LogP contribution in [0.4, 0.5) is 0 Å². The van der Waals surface area contributed by atoms with E-state index in [1.54, 1.807) is 0 Å². The summed E-state index contributed by atoms with van der Waals surface area (Å²) in [7, 11) is 0. The third-order valence-corrected chi connectivity index (χ3v) is 3.07. The molecule has 0 spiro atoms. The Morgan fingerprint density at radius 1 is 1.06 bits per heavy atom. The molecule has 2 heteroatoms. The zero-order chi connectivity index (χ0) is 12.7. The maximum absolute atomic E-state index is 12.1. The Kier molecular flexibility index (Phi) is 5.75. The fourth-order valence-electron chi connectivity index (χ4n) is 1.89. The van der Waals surface area contributed by atoms with Gasteiger partial charge in [0.1, 0.15) is 0 Å². The van der Waals surface area contributed by atoms with Crippen molar-refractivity contribution in [3.63, 3.8) is 0 Å². The van der Waals surface area contributed by atoms with Gasteiger partial charge < -0.3 is 4.90 Å². The van der Waals surface area contributed by atoms with Crippen LogP contribution in [0.1, 0.15) is 49.5 Å². The number of rotatable bonds is 6. The topological polar surface area (TPSA) is 20.3 Å². The van der Waals surface area contributed by atoms with Crippen molar-refractivity contribution in [3.05, 3.63) is 35.4 Å². The number of nitrogens with zero attached hydrogens (tertiary/aromatic N) is 1. The lowest BCUT2D eigenvalue weighted by atomic mass is 10.1. The van der Waals surface area contributed by atoms with Gasteiger partial charge in [-0.2, -0.15) is 0 Å². The van der Waals surface area contributed by atoms with Gasteiger partial charge in [-0.1, -0.05) is 25.5 Å². The fraction of sp³-hybridized carbons (Fsp3) is 0.533. The van der Waals surface area contributed by atoms with Crippen molar-refractivity contribution in [2.24, 2.45) is 0 Å². The van der Waals surface area contributed by atoms with Gasteiger partial charge in [-0.05, 0) is 44.4 Å². The number of hydrogen-bond donors (Lipinski definition) is 0. The Morgan fingerprint density at radius 3 is 2.12 bits per heavy atom. The molecule has 0 atom stereocenters. The lowest BCUT2D eigenvalue weighted by Crippen LogP contribution is -2.30. The summed E-state index contributed by atoms with van der Waals surface area (Å²) in [6.07, 6.45) is 3.53. The van der Waals surface area contributed by atoms with E-state index in [1.165, 1.54) is 18.4 Å². The summed E-state index contributed by atoms with van der Waals surface area (Å²) in [6.45, 7) is 7.76. The Morgan fingerprint density at radius 2 is 1.65 bits per heavy atom. The largest absolute Gasteiger partial charge is 0.339 e. The predicted octanol–water partition coefficient (Wildman–Crippen LogP) is 3.51. The van der Waals surface area contributed by atoms with Gasteiger partial charge in [0.2, 0.25) is 0 Å². The minimum atomic E-state index is 0.136. The van der Waals surface area contributed by atoms with Crippen LogP contribution >= 0.6 is 0 Å². The van der Waals surface area contributed by atoms with Crippen LogP contribution in [0, 0.1) is 0 Å². The number of unbranched alkanes of at least 4 members (excludes halogenated alkanes) is 1. The molecule has 0 N–H and O–H groups in total. The standard InChI is InChI=1S/C15H23NO/c1-4-7-8-13-9-11-14(12-10-13)15(17)16(5-2)6-3/h9-12H,4-8H2,1-3H3. The van der Waals surface area contributed by atoms with E-state index in [0.29, 0.717) is 0 Å². The first kappa shape index (κ1) is 13.8. The third-order valence-electron chi connectivity index (χ3n) is 3.07. The van der Waals surface area contributed by atoms with Gasteiger partial charge in [0.05, 0.1) is 0 Å². The molecule has 0 aromatic heterocycles. The van der Waals surface area contributed by atoms with Crippen LogP contribution in [0.5, 0.6) is 0 Å². The molecule has 94 valence electrons. The maximum Gasteiger partial charge on any atom is 0.253 e. The Balaban J connectivity index is 2.69. The molecule has 0 aliphatic heterocycles. The van der Waals surface area contributed by atoms with Crippen molar-refractivity contribution >= 4 is 5.91 Å². The Hall–Kier alpha value is -1.31. The molecule has 2 nitrogen and oxygen atoms in total. The average molecular weight is 233 g/mol. The van der Waals surface area contributed by atoms with Gasteiger partial charge in [0.25, 0.3) is 5.91 Å². The van der Waals surface area contributed by atoms with Gasteiger partial charge in [-0.15, -0.1) is 0 Å². The zero-order valence-electron chi connectivity index (χ0n) is 11.2. The summed E-state index contributed by atoms with van der Waals surface area (Å²) in [5, 5.41) is 0. The lowest BCUT2D eigenvalue weighted by molar-refractivity contribution is 0.0773. The van der Waals surface area contributed by atoms with Crippen molar-refractivity contribution in [3.8, 4) is 0 Å². The molecule has 0 radical (unpaired) electrons. The first-order chi connectivity index (χ1) is 8.22. The molecule has 17 heavy (non-hydrogen) atoms. The summed E-state index contributed by atoms with van der Waals surface area (Å²) >= 11 is 0. The smallest absolute Gasteiger partial charge is 0.253 e. The minimum absolute atomic E-state index is 0.136. The Bertz CT molecular complexity index is 338. The molecule has 0 bridgehead atoms. The SMILES string of the molecule is CCCCc1ccc(C(=O)N(CC)CC)cc1. The number of aryl methyl sites for hydroxylation is 1. The predicted molar refractivity (Wildman–Crippen MR) is 72.3 cm³/mol. The molecule has 1 amide bonds. The van der Waals surface area contributed by atoms with Crippen LogP contribution in [0.2, 0.25) is 0 Å². The van der Waals surface area contributed by atoms with E-state index >= 15 is 0 Å². The summed E-state index contributed by atoms with van der Waals surface area (Å²) in [5.41, 5.74) is 2.12. The highest BCUT2D eigenvalue weighted by molar-refractivity contribution is 5.94. The molecular formula is C15H23NO. The lowest BCUT2D eigenvalue weighted by Gasteiger charge is -2.18. The second-order valence-corrected chi connectivity index (χ2v) is 4.28. The van der Waals surface area contributed by atoms with E-state index in [4.69, 9.17) is 0 Å². The summed E-state index contributed by atoms with van der Waals surface area (Å²) < 4.78 is 0. The first-order valence-electron chi connectivity index (χ1n) is 6.61. The normalized spacial score (nSPS) is 10.3. The number of amides is 1. The highest BCUT2D eigenvalue weighted by Gasteiger charge is 2.11. The van der Waals surface area contributed by atoms with E-state index in [0.717, 1.165) is 25.1 Å². The highest BCUT2D eigenvalue weighted by atomic mass is 16.2. The molecule has 0 fully saturated rings. The Labute approximate surface area is 105 Å². The van der Waals surface area contributed by atoms with E-state index in [-0.39, 0.29) is 5.91 Å². The number of benzene rings is 1. The summed E-state index contributed by atoms with van der Waals surface area (Å²) in [4.78, 5) is 13.9. The van der Waals surface area contributed by atoms with E-state index in [9.17, 15) is 4.79 Å². The van der Waals surface area contributed by atoms with Gasteiger partial charge in [-0.3, -0.25) is 4.79 Å². The van der Waals surface area contributed by atoms with Gasteiger partial charge >= 0.3 is 0 Å². The first-order valence-corrected chi connectivity index (χ1v) is 6.61. The number of carbonyl (C=O) groups is 1. The van der Waals surface area contributed by atoms with Crippen molar-refractivity contribution in [1.82, 2.24) is 4.90 Å².